The van der Waals surface area contributed by atoms with E-state index < -0.39 is 0 Å². The Morgan fingerprint density at radius 1 is 1.14 bits per heavy atom. The average molecular weight is 389 g/mol. The van der Waals surface area contributed by atoms with E-state index in [0.717, 1.165) is 40.9 Å². The van der Waals surface area contributed by atoms with Gasteiger partial charge in [-0.05, 0) is 48.9 Å². The minimum atomic E-state index is -0.230. The summed E-state index contributed by atoms with van der Waals surface area (Å²) in [6, 6.07) is 12.4. The topological polar surface area (TPSA) is 21.3 Å². The maximum absolute atomic E-state index is 12.9. The Bertz CT molecular complexity index is 577. The van der Waals surface area contributed by atoms with Gasteiger partial charge in [0.2, 0.25) is 0 Å². The fourth-order valence-electron chi connectivity index (χ4n) is 1.97. The van der Waals surface area contributed by atoms with Gasteiger partial charge in [-0.3, -0.25) is 0 Å². The minimum absolute atomic E-state index is 0. The molecule has 5 heteroatoms. The van der Waals surface area contributed by atoms with E-state index in [4.69, 9.17) is 4.74 Å². The number of hydrogen-bond acceptors (Lipinski definition) is 2. The summed E-state index contributed by atoms with van der Waals surface area (Å²) < 4.78 is 19.8. The van der Waals surface area contributed by atoms with Gasteiger partial charge in [0.15, 0.2) is 0 Å². The van der Waals surface area contributed by atoms with Crippen LogP contribution in [-0.2, 0) is 13.2 Å². The Morgan fingerprint density at radius 2 is 1.86 bits per heavy atom. The van der Waals surface area contributed by atoms with Gasteiger partial charge >= 0.3 is 0 Å². The fraction of sp³-hybridized carbons (Fsp3) is 0.294. The highest BCUT2D eigenvalue weighted by molar-refractivity contribution is 9.10. The van der Waals surface area contributed by atoms with Crippen LogP contribution in [0.25, 0.3) is 0 Å². The first-order chi connectivity index (χ1) is 10.2. The molecule has 1 N–H and O–H groups in total. The van der Waals surface area contributed by atoms with E-state index in [2.05, 4.69) is 34.2 Å². The monoisotopic (exact) mass is 387 g/mol. The van der Waals surface area contributed by atoms with Crippen LogP contribution in [0.5, 0.6) is 5.75 Å². The lowest BCUT2D eigenvalue weighted by atomic mass is 10.2. The molecule has 2 nitrogen and oxygen atoms in total. The van der Waals surface area contributed by atoms with Crippen LogP contribution in [0.15, 0.2) is 46.9 Å². The molecule has 0 unspecified atom stereocenters. The summed E-state index contributed by atoms with van der Waals surface area (Å²) in [5.41, 5.74) is 2.06. The summed E-state index contributed by atoms with van der Waals surface area (Å²) in [7, 11) is 0. The van der Waals surface area contributed by atoms with Crippen LogP contribution < -0.4 is 10.1 Å². The second-order valence-electron chi connectivity index (χ2n) is 4.84. The second kappa shape index (κ2) is 9.82. The highest BCUT2D eigenvalue weighted by Crippen LogP contribution is 2.24. The zero-order valence-corrected chi connectivity index (χ0v) is 14.8. The van der Waals surface area contributed by atoms with Crippen LogP contribution in [0.3, 0.4) is 0 Å². The number of hydrogen-bond donors (Lipinski definition) is 1. The SMILES string of the molecule is CCCNCc1cc(Br)ccc1OCc1ccc(F)cc1.Cl. The Morgan fingerprint density at radius 3 is 2.55 bits per heavy atom. The number of ether oxygens (including phenoxy) is 1. The van der Waals surface area contributed by atoms with Crippen LogP contribution in [0, 0.1) is 5.82 Å². The largest absolute Gasteiger partial charge is 0.489 e. The molecular formula is C17H20BrClFNO. The quantitative estimate of drug-likeness (QED) is 0.667. The predicted octanol–water partition coefficient (Wildman–Crippen LogP) is 5.09. The van der Waals surface area contributed by atoms with Gasteiger partial charge in [0.05, 0.1) is 0 Å². The van der Waals surface area contributed by atoms with Crippen molar-refractivity contribution >= 4 is 28.3 Å². The van der Waals surface area contributed by atoms with Crippen LogP contribution >= 0.6 is 28.3 Å². The molecule has 0 radical (unpaired) electrons. The first-order valence-corrected chi connectivity index (χ1v) is 7.84. The molecule has 120 valence electrons. The molecule has 2 rings (SSSR count). The second-order valence-corrected chi connectivity index (χ2v) is 5.76. The smallest absolute Gasteiger partial charge is 0.124 e. The van der Waals surface area contributed by atoms with E-state index in [1.807, 2.05) is 12.1 Å². The molecule has 2 aromatic carbocycles. The number of halogens is 3. The highest BCUT2D eigenvalue weighted by atomic mass is 79.9. The van der Waals surface area contributed by atoms with Crippen molar-refractivity contribution in [3.05, 3.63) is 63.9 Å². The first kappa shape index (κ1) is 18.9. The van der Waals surface area contributed by atoms with Gasteiger partial charge in [-0.25, -0.2) is 4.39 Å². The molecule has 0 bridgehead atoms. The van der Waals surface area contributed by atoms with Crippen LogP contribution in [0.1, 0.15) is 24.5 Å². The first-order valence-electron chi connectivity index (χ1n) is 7.05. The van der Waals surface area contributed by atoms with Crippen molar-refractivity contribution in [1.82, 2.24) is 5.32 Å². The lowest BCUT2D eigenvalue weighted by Crippen LogP contribution is -2.14. The molecule has 0 saturated heterocycles. The Kier molecular flexibility index (Phi) is 8.46. The molecule has 0 fully saturated rings. The third-order valence-corrected chi connectivity index (χ3v) is 3.57. The number of benzene rings is 2. The van der Waals surface area contributed by atoms with E-state index in [-0.39, 0.29) is 18.2 Å². The molecular weight excluding hydrogens is 369 g/mol. The normalized spacial score (nSPS) is 10.1. The lowest BCUT2D eigenvalue weighted by molar-refractivity contribution is 0.302. The summed E-state index contributed by atoms with van der Waals surface area (Å²) in [5.74, 6) is 0.623. The molecule has 0 aromatic heterocycles. The third-order valence-electron chi connectivity index (χ3n) is 3.07. The zero-order chi connectivity index (χ0) is 15.1. The molecule has 0 saturated carbocycles. The van der Waals surface area contributed by atoms with E-state index >= 15 is 0 Å². The number of nitrogens with one attached hydrogen (secondary N) is 1. The van der Waals surface area contributed by atoms with Crippen molar-refractivity contribution in [1.29, 1.82) is 0 Å². The molecule has 0 amide bonds. The molecule has 0 aliphatic rings. The Labute approximate surface area is 145 Å². The summed E-state index contributed by atoms with van der Waals surface area (Å²) in [6.07, 6.45) is 1.10. The maximum Gasteiger partial charge on any atom is 0.124 e. The summed E-state index contributed by atoms with van der Waals surface area (Å²) in [5, 5.41) is 3.37. The highest BCUT2D eigenvalue weighted by Gasteiger charge is 2.05. The van der Waals surface area contributed by atoms with E-state index in [1.165, 1.54) is 12.1 Å². The van der Waals surface area contributed by atoms with Gasteiger partial charge < -0.3 is 10.1 Å². The predicted molar refractivity (Wildman–Crippen MR) is 94.1 cm³/mol. The van der Waals surface area contributed by atoms with Crippen LogP contribution in [-0.4, -0.2) is 6.54 Å². The molecule has 2 aromatic rings. The van der Waals surface area contributed by atoms with Gasteiger partial charge in [-0.15, -0.1) is 12.4 Å². The molecule has 0 heterocycles. The third kappa shape index (κ3) is 5.95. The van der Waals surface area contributed by atoms with E-state index in [0.29, 0.717) is 6.61 Å². The van der Waals surface area contributed by atoms with Gasteiger partial charge in [0, 0.05) is 16.6 Å². The van der Waals surface area contributed by atoms with E-state index in [1.54, 1.807) is 12.1 Å². The molecule has 0 aliphatic heterocycles. The van der Waals surface area contributed by atoms with Gasteiger partial charge in [0.25, 0.3) is 0 Å². The molecule has 0 aliphatic carbocycles. The van der Waals surface area contributed by atoms with Crippen molar-refractivity contribution in [2.75, 3.05) is 6.54 Å². The van der Waals surface area contributed by atoms with E-state index in [9.17, 15) is 4.39 Å². The molecule has 22 heavy (non-hydrogen) atoms. The van der Waals surface area contributed by atoms with Crippen molar-refractivity contribution in [3.63, 3.8) is 0 Å². The Balaban J connectivity index is 0.00000242. The lowest BCUT2D eigenvalue weighted by Gasteiger charge is -2.13. The molecule has 0 spiro atoms. The summed E-state index contributed by atoms with van der Waals surface area (Å²) in [4.78, 5) is 0. The van der Waals surface area contributed by atoms with Crippen molar-refractivity contribution < 1.29 is 9.13 Å². The summed E-state index contributed by atoms with van der Waals surface area (Å²) in [6.45, 7) is 4.32. The number of rotatable bonds is 7. The van der Waals surface area contributed by atoms with Gasteiger partial charge in [0.1, 0.15) is 18.2 Å². The van der Waals surface area contributed by atoms with Crippen molar-refractivity contribution in [2.45, 2.75) is 26.5 Å². The zero-order valence-electron chi connectivity index (χ0n) is 12.4. The standard InChI is InChI=1S/C17H19BrFNO.ClH/c1-2-9-20-11-14-10-15(18)5-8-17(14)21-12-13-3-6-16(19)7-4-13;/h3-8,10,20H,2,9,11-12H2,1H3;1H. The maximum atomic E-state index is 12.9. The average Bonchev–Trinajstić information content (AvgIpc) is 2.48. The van der Waals surface area contributed by atoms with Crippen molar-refractivity contribution in [2.24, 2.45) is 0 Å². The van der Waals surface area contributed by atoms with Crippen LogP contribution in [0.2, 0.25) is 0 Å². The van der Waals surface area contributed by atoms with Gasteiger partial charge in [-0.2, -0.15) is 0 Å². The summed E-state index contributed by atoms with van der Waals surface area (Å²) >= 11 is 3.48. The minimum Gasteiger partial charge on any atom is -0.489 e. The van der Waals surface area contributed by atoms with Crippen molar-refractivity contribution in [3.8, 4) is 5.75 Å². The van der Waals surface area contributed by atoms with Gasteiger partial charge in [-0.1, -0.05) is 35.0 Å². The molecule has 0 atom stereocenters. The Hall–Kier alpha value is -1.10. The van der Waals surface area contributed by atoms with Crippen LogP contribution in [0.4, 0.5) is 4.39 Å². The fourth-order valence-corrected chi connectivity index (χ4v) is 2.38.